The van der Waals surface area contributed by atoms with Gasteiger partial charge in [-0.25, -0.2) is 4.98 Å². The number of carbonyl (C=O) groups is 1. The molecule has 2 rings (SSSR count). The molecule has 0 bridgehead atoms. The van der Waals surface area contributed by atoms with E-state index < -0.39 is 0 Å². The summed E-state index contributed by atoms with van der Waals surface area (Å²) in [5.41, 5.74) is 0.547. The summed E-state index contributed by atoms with van der Waals surface area (Å²) in [6, 6.07) is 0.442. The molecule has 0 saturated heterocycles. The van der Waals surface area contributed by atoms with Crippen molar-refractivity contribution in [1.82, 2.24) is 14.5 Å². The number of nitrogens with zero attached hydrogens (tertiary/aromatic N) is 3. The molecular formula is C10H14BrN3O. The molecule has 1 aromatic heterocycles. The van der Waals surface area contributed by atoms with Crippen LogP contribution in [0.3, 0.4) is 0 Å². The summed E-state index contributed by atoms with van der Waals surface area (Å²) < 4.78 is 1.80. The fraction of sp³-hybridized carbons (Fsp3) is 0.600. The van der Waals surface area contributed by atoms with Gasteiger partial charge in [-0.1, -0.05) is 15.9 Å². The minimum atomic E-state index is 0.0533. The van der Waals surface area contributed by atoms with E-state index >= 15 is 0 Å². The van der Waals surface area contributed by atoms with Gasteiger partial charge < -0.3 is 9.47 Å². The quantitative estimate of drug-likeness (QED) is 0.777. The van der Waals surface area contributed by atoms with Gasteiger partial charge in [0.25, 0.3) is 5.91 Å². The smallest absolute Gasteiger partial charge is 0.274 e. The summed E-state index contributed by atoms with van der Waals surface area (Å²) in [6.45, 7) is 0.764. The van der Waals surface area contributed by atoms with Crippen LogP contribution in [0.15, 0.2) is 12.5 Å². The molecule has 1 aromatic rings. The maximum atomic E-state index is 12.1. The Hall–Kier alpha value is -0.840. The zero-order valence-corrected chi connectivity index (χ0v) is 10.3. The molecule has 5 heteroatoms. The third-order valence-electron chi connectivity index (χ3n) is 2.50. The van der Waals surface area contributed by atoms with Crippen LogP contribution >= 0.6 is 15.9 Å². The summed E-state index contributed by atoms with van der Waals surface area (Å²) >= 11 is 3.37. The van der Waals surface area contributed by atoms with Crippen molar-refractivity contribution < 1.29 is 4.79 Å². The first-order valence-electron chi connectivity index (χ1n) is 5.07. The third-order valence-corrected chi connectivity index (χ3v) is 2.85. The highest BCUT2D eigenvalue weighted by Gasteiger charge is 2.33. The van der Waals surface area contributed by atoms with Crippen LogP contribution in [-0.4, -0.2) is 38.3 Å². The lowest BCUT2D eigenvalue weighted by Gasteiger charge is -2.19. The molecule has 0 aliphatic heterocycles. The van der Waals surface area contributed by atoms with Crippen molar-refractivity contribution in [1.29, 1.82) is 0 Å². The first-order valence-corrected chi connectivity index (χ1v) is 6.19. The summed E-state index contributed by atoms with van der Waals surface area (Å²) in [4.78, 5) is 18.1. The molecule has 1 amide bonds. The van der Waals surface area contributed by atoms with Gasteiger partial charge in [-0.3, -0.25) is 4.79 Å². The zero-order valence-electron chi connectivity index (χ0n) is 8.69. The Morgan fingerprint density at radius 3 is 2.93 bits per heavy atom. The Morgan fingerprint density at radius 1 is 1.73 bits per heavy atom. The molecule has 0 atom stereocenters. The van der Waals surface area contributed by atoms with Crippen molar-refractivity contribution in [2.75, 3.05) is 11.9 Å². The first-order chi connectivity index (χ1) is 7.22. The summed E-state index contributed by atoms with van der Waals surface area (Å²) in [5, 5.41) is 0.822. The number of halogens is 1. The van der Waals surface area contributed by atoms with Gasteiger partial charge in [0.05, 0.1) is 6.33 Å². The maximum absolute atomic E-state index is 12.1. The van der Waals surface area contributed by atoms with Crippen LogP contribution in [0.5, 0.6) is 0 Å². The highest BCUT2D eigenvalue weighted by atomic mass is 79.9. The highest BCUT2D eigenvalue weighted by molar-refractivity contribution is 9.09. The molecule has 0 N–H and O–H groups in total. The van der Waals surface area contributed by atoms with Gasteiger partial charge in [0.1, 0.15) is 5.69 Å². The summed E-state index contributed by atoms with van der Waals surface area (Å²) in [6.07, 6.45) is 5.69. The SMILES string of the molecule is Cn1cnc(C(=O)N(CCBr)C2CC2)c1. The second kappa shape index (κ2) is 4.35. The molecule has 1 aliphatic rings. The average Bonchev–Trinajstić information content (AvgIpc) is 2.96. The number of carbonyl (C=O) groups excluding carboxylic acids is 1. The van der Waals surface area contributed by atoms with Gasteiger partial charge in [0.15, 0.2) is 0 Å². The number of hydrogen-bond acceptors (Lipinski definition) is 2. The molecule has 0 unspecified atom stereocenters. The monoisotopic (exact) mass is 271 g/mol. The maximum Gasteiger partial charge on any atom is 0.274 e. The van der Waals surface area contributed by atoms with Gasteiger partial charge in [-0.2, -0.15) is 0 Å². The number of imidazole rings is 1. The lowest BCUT2D eigenvalue weighted by molar-refractivity contribution is 0.0749. The Balaban J connectivity index is 2.10. The Kier molecular flexibility index (Phi) is 3.09. The van der Waals surface area contributed by atoms with E-state index in [1.807, 2.05) is 11.9 Å². The molecule has 1 saturated carbocycles. The molecule has 1 aliphatic carbocycles. The molecule has 0 radical (unpaired) electrons. The van der Waals surface area contributed by atoms with Crippen molar-refractivity contribution >= 4 is 21.8 Å². The van der Waals surface area contributed by atoms with Crippen molar-refractivity contribution in [2.24, 2.45) is 7.05 Å². The Bertz CT molecular complexity index is 359. The largest absolute Gasteiger partial charge is 0.340 e. The number of alkyl halides is 1. The topological polar surface area (TPSA) is 38.1 Å². The van der Waals surface area contributed by atoms with E-state index in [2.05, 4.69) is 20.9 Å². The Morgan fingerprint density at radius 2 is 2.47 bits per heavy atom. The molecular weight excluding hydrogens is 258 g/mol. The molecule has 1 fully saturated rings. The van der Waals surface area contributed by atoms with E-state index in [0.717, 1.165) is 24.7 Å². The van der Waals surface area contributed by atoms with E-state index in [-0.39, 0.29) is 5.91 Å². The normalized spacial score (nSPS) is 15.3. The molecule has 0 aromatic carbocycles. The predicted molar refractivity (Wildman–Crippen MR) is 61.1 cm³/mol. The third kappa shape index (κ3) is 2.40. The van der Waals surface area contributed by atoms with Gasteiger partial charge >= 0.3 is 0 Å². The minimum Gasteiger partial charge on any atom is -0.340 e. The van der Waals surface area contributed by atoms with Gasteiger partial charge in [-0.05, 0) is 12.8 Å². The molecule has 4 nitrogen and oxygen atoms in total. The van der Waals surface area contributed by atoms with Crippen LogP contribution in [0.4, 0.5) is 0 Å². The predicted octanol–water partition coefficient (Wildman–Crippen LogP) is 1.42. The zero-order chi connectivity index (χ0) is 10.8. The number of hydrogen-bond donors (Lipinski definition) is 0. The van der Waals surface area contributed by atoms with Crippen molar-refractivity contribution in [3.05, 3.63) is 18.2 Å². The number of amides is 1. The van der Waals surface area contributed by atoms with Crippen LogP contribution in [-0.2, 0) is 7.05 Å². The van der Waals surface area contributed by atoms with E-state index in [9.17, 15) is 4.79 Å². The fourth-order valence-electron chi connectivity index (χ4n) is 1.60. The van der Waals surface area contributed by atoms with Crippen LogP contribution in [0.25, 0.3) is 0 Å². The molecule has 1 heterocycles. The van der Waals surface area contributed by atoms with Crippen molar-refractivity contribution in [3.8, 4) is 0 Å². The van der Waals surface area contributed by atoms with Crippen LogP contribution < -0.4 is 0 Å². The number of rotatable bonds is 4. The molecule has 15 heavy (non-hydrogen) atoms. The van der Waals surface area contributed by atoms with Crippen molar-refractivity contribution in [2.45, 2.75) is 18.9 Å². The second-order valence-corrected chi connectivity index (χ2v) is 4.64. The van der Waals surface area contributed by atoms with Crippen LogP contribution in [0, 0.1) is 0 Å². The summed E-state index contributed by atoms with van der Waals surface area (Å²) in [7, 11) is 1.87. The van der Waals surface area contributed by atoms with E-state index in [1.165, 1.54) is 0 Å². The average molecular weight is 272 g/mol. The highest BCUT2D eigenvalue weighted by Crippen LogP contribution is 2.27. The second-order valence-electron chi connectivity index (χ2n) is 3.84. The lowest BCUT2D eigenvalue weighted by Crippen LogP contribution is -2.34. The minimum absolute atomic E-state index is 0.0533. The van der Waals surface area contributed by atoms with Crippen molar-refractivity contribution in [3.63, 3.8) is 0 Å². The van der Waals surface area contributed by atoms with E-state index in [4.69, 9.17) is 0 Å². The number of aromatic nitrogens is 2. The molecule has 82 valence electrons. The molecule has 0 spiro atoms. The Labute approximate surface area is 97.4 Å². The standard InChI is InChI=1S/C10H14BrN3O/c1-13-6-9(12-7-13)10(15)14(5-4-11)8-2-3-8/h6-8H,2-5H2,1H3. The van der Waals surface area contributed by atoms with Crippen LogP contribution in [0.2, 0.25) is 0 Å². The fourth-order valence-corrected chi connectivity index (χ4v) is 1.98. The van der Waals surface area contributed by atoms with E-state index in [0.29, 0.717) is 11.7 Å². The van der Waals surface area contributed by atoms with Gasteiger partial charge in [-0.15, -0.1) is 0 Å². The van der Waals surface area contributed by atoms with Gasteiger partial charge in [0, 0.05) is 31.2 Å². The first kappa shape index (κ1) is 10.7. The van der Waals surface area contributed by atoms with Gasteiger partial charge in [0.2, 0.25) is 0 Å². The number of aryl methyl sites for hydroxylation is 1. The van der Waals surface area contributed by atoms with Crippen LogP contribution in [0.1, 0.15) is 23.3 Å². The lowest BCUT2D eigenvalue weighted by atomic mass is 10.3. The summed E-state index contributed by atoms with van der Waals surface area (Å²) in [5.74, 6) is 0.0533. The van der Waals surface area contributed by atoms with E-state index in [1.54, 1.807) is 17.1 Å².